The van der Waals surface area contributed by atoms with E-state index in [0.29, 0.717) is 16.6 Å². The van der Waals surface area contributed by atoms with Crippen LogP contribution in [0.4, 0.5) is 0 Å². The molecule has 0 aliphatic rings. The number of benzene rings is 2. The molecule has 0 aliphatic heterocycles. The summed E-state index contributed by atoms with van der Waals surface area (Å²) in [6.07, 6.45) is 0. The predicted molar refractivity (Wildman–Crippen MR) is 86.1 cm³/mol. The van der Waals surface area contributed by atoms with Crippen molar-refractivity contribution in [2.75, 3.05) is 7.11 Å². The van der Waals surface area contributed by atoms with Crippen LogP contribution in [0.2, 0.25) is 0 Å². The van der Waals surface area contributed by atoms with Gasteiger partial charge in [-0.1, -0.05) is 42.0 Å². The highest BCUT2D eigenvalue weighted by atomic mass is 16.5. The fourth-order valence-electron chi connectivity index (χ4n) is 2.52. The van der Waals surface area contributed by atoms with Gasteiger partial charge in [-0.3, -0.25) is 4.79 Å². The number of carbonyl (C=O) groups excluding carboxylic acids is 1. The van der Waals surface area contributed by atoms with Gasteiger partial charge in [0.05, 0.1) is 12.8 Å². The second kappa shape index (κ2) is 5.48. The molecule has 1 heterocycles. The summed E-state index contributed by atoms with van der Waals surface area (Å²) in [4.78, 5) is 28.1. The Balaban J connectivity index is 2.42. The molecule has 2 aromatic carbocycles. The van der Waals surface area contributed by atoms with Crippen LogP contribution in [-0.4, -0.2) is 18.1 Å². The van der Waals surface area contributed by atoms with E-state index in [9.17, 15) is 9.59 Å². The number of rotatable bonds is 2. The molecule has 0 aliphatic carbocycles. The zero-order valence-electron chi connectivity index (χ0n) is 12.3. The van der Waals surface area contributed by atoms with Crippen molar-refractivity contribution in [2.45, 2.75) is 6.92 Å². The van der Waals surface area contributed by atoms with Crippen LogP contribution in [0.1, 0.15) is 15.9 Å². The van der Waals surface area contributed by atoms with Gasteiger partial charge in [0, 0.05) is 10.9 Å². The molecule has 1 aromatic heterocycles. The fraction of sp³-hybridized carbons (Fsp3) is 0.111. The maximum Gasteiger partial charge on any atom is 0.344 e. The lowest BCUT2D eigenvalue weighted by molar-refractivity contribution is 0.0600. The largest absolute Gasteiger partial charge is 0.465 e. The van der Waals surface area contributed by atoms with Gasteiger partial charge in [0.2, 0.25) is 5.43 Å². The number of methoxy groups -OCH3 is 1. The van der Waals surface area contributed by atoms with Gasteiger partial charge in [0.15, 0.2) is 0 Å². The molecule has 0 fully saturated rings. The molecule has 4 nitrogen and oxygen atoms in total. The SMILES string of the molecule is COC(=O)c1c(-c2ccccc2)[nH]c2ccc(C)cc2c1=O. The van der Waals surface area contributed by atoms with Crippen LogP contribution in [0, 0.1) is 6.92 Å². The quantitative estimate of drug-likeness (QED) is 0.738. The number of aryl methyl sites for hydroxylation is 1. The molecule has 0 atom stereocenters. The summed E-state index contributed by atoms with van der Waals surface area (Å²) >= 11 is 0. The van der Waals surface area contributed by atoms with Gasteiger partial charge in [-0.2, -0.15) is 0 Å². The highest BCUT2D eigenvalue weighted by Gasteiger charge is 2.20. The smallest absolute Gasteiger partial charge is 0.344 e. The topological polar surface area (TPSA) is 59.2 Å². The average Bonchev–Trinajstić information content (AvgIpc) is 2.55. The Morgan fingerprint density at radius 2 is 1.82 bits per heavy atom. The number of ether oxygens (including phenoxy) is 1. The molecule has 3 rings (SSSR count). The van der Waals surface area contributed by atoms with Crippen molar-refractivity contribution < 1.29 is 9.53 Å². The molecule has 1 N–H and O–H groups in total. The van der Waals surface area contributed by atoms with Gasteiger partial charge in [-0.05, 0) is 24.6 Å². The Labute approximate surface area is 127 Å². The normalized spacial score (nSPS) is 10.6. The van der Waals surface area contributed by atoms with E-state index in [4.69, 9.17) is 4.74 Å². The van der Waals surface area contributed by atoms with E-state index >= 15 is 0 Å². The summed E-state index contributed by atoms with van der Waals surface area (Å²) in [6.45, 7) is 1.90. The van der Waals surface area contributed by atoms with E-state index in [-0.39, 0.29) is 11.0 Å². The van der Waals surface area contributed by atoms with E-state index in [1.807, 2.05) is 49.4 Å². The van der Waals surface area contributed by atoms with Crippen LogP contribution in [0.15, 0.2) is 53.3 Å². The third-order valence-corrected chi connectivity index (χ3v) is 3.61. The molecule has 22 heavy (non-hydrogen) atoms. The van der Waals surface area contributed by atoms with Crippen LogP contribution in [0.25, 0.3) is 22.2 Å². The van der Waals surface area contributed by atoms with Gasteiger partial charge >= 0.3 is 5.97 Å². The number of H-pyrrole nitrogens is 1. The van der Waals surface area contributed by atoms with Crippen LogP contribution in [0.5, 0.6) is 0 Å². The summed E-state index contributed by atoms with van der Waals surface area (Å²) in [7, 11) is 1.27. The number of aromatic nitrogens is 1. The first kappa shape index (κ1) is 14.1. The number of aromatic amines is 1. The van der Waals surface area contributed by atoms with Crippen molar-refractivity contribution in [1.82, 2.24) is 4.98 Å². The lowest BCUT2D eigenvalue weighted by Gasteiger charge is -2.10. The number of fused-ring (bicyclic) bond motifs is 1. The molecule has 0 saturated heterocycles. The second-order valence-corrected chi connectivity index (χ2v) is 5.11. The minimum Gasteiger partial charge on any atom is -0.465 e. The molecule has 0 bridgehead atoms. The molecule has 0 unspecified atom stereocenters. The van der Waals surface area contributed by atoms with Crippen LogP contribution >= 0.6 is 0 Å². The zero-order valence-corrected chi connectivity index (χ0v) is 12.3. The van der Waals surface area contributed by atoms with Crippen molar-refractivity contribution in [3.05, 3.63) is 69.9 Å². The monoisotopic (exact) mass is 293 g/mol. The molecule has 0 spiro atoms. The molecule has 4 heteroatoms. The van der Waals surface area contributed by atoms with Gasteiger partial charge < -0.3 is 9.72 Å². The van der Waals surface area contributed by atoms with Gasteiger partial charge in [-0.15, -0.1) is 0 Å². The number of nitrogens with one attached hydrogen (secondary N) is 1. The summed E-state index contributed by atoms with van der Waals surface area (Å²) in [6, 6.07) is 14.8. The first-order valence-electron chi connectivity index (χ1n) is 6.92. The van der Waals surface area contributed by atoms with Crippen LogP contribution in [0.3, 0.4) is 0 Å². The van der Waals surface area contributed by atoms with E-state index in [2.05, 4.69) is 4.98 Å². The summed E-state index contributed by atoms with van der Waals surface area (Å²) in [5, 5.41) is 0.486. The Kier molecular flexibility index (Phi) is 3.51. The molecule has 0 amide bonds. The summed E-state index contributed by atoms with van der Waals surface area (Å²) < 4.78 is 4.80. The minimum atomic E-state index is -0.636. The maximum atomic E-state index is 12.8. The Hall–Kier alpha value is -2.88. The predicted octanol–water partition coefficient (Wildman–Crippen LogP) is 3.29. The molecule has 0 radical (unpaired) electrons. The summed E-state index contributed by atoms with van der Waals surface area (Å²) in [5.41, 5.74) is 2.62. The van der Waals surface area contributed by atoms with Gasteiger partial charge in [0.25, 0.3) is 0 Å². The zero-order chi connectivity index (χ0) is 15.7. The minimum absolute atomic E-state index is 0.0341. The van der Waals surface area contributed by atoms with Crippen molar-refractivity contribution >= 4 is 16.9 Å². The molecule has 3 aromatic rings. The number of carbonyl (C=O) groups is 1. The number of hydrogen-bond acceptors (Lipinski definition) is 3. The van der Waals surface area contributed by atoms with Gasteiger partial charge in [-0.25, -0.2) is 4.79 Å². The average molecular weight is 293 g/mol. The third-order valence-electron chi connectivity index (χ3n) is 3.61. The highest BCUT2D eigenvalue weighted by Crippen LogP contribution is 2.23. The van der Waals surface area contributed by atoms with Gasteiger partial charge in [0.1, 0.15) is 5.56 Å². The number of hydrogen-bond donors (Lipinski definition) is 1. The summed E-state index contributed by atoms with van der Waals surface area (Å²) in [5.74, 6) is -0.636. The Morgan fingerprint density at radius 1 is 1.09 bits per heavy atom. The van der Waals surface area contributed by atoms with E-state index in [1.165, 1.54) is 7.11 Å². The first-order chi connectivity index (χ1) is 10.6. The fourth-order valence-corrected chi connectivity index (χ4v) is 2.52. The second-order valence-electron chi connectivity index (χ2n) is 5.11. The van der Waals surface area contributed by atoms with Crippen molar-refractivity contribution in [3.8, 4) is 11.3 Å². The van der Waals surface area contributed by atoms with Crippen molar-refractivity contribution in [1.29, 1.82) is 0 Å². The number of esters is 1. The maximum absolute atomic E-state index is 12.8. The Morgan fingerprint density at radius 3 is 2.50 bits per heavy atom. The Bertz CT molecular complexity index is 911. The lowest BCUT2D eigenvalue weighted by atomic mass is 10.0. The first-order valence-corrected chi connectivity index (χ1v) is 6.92. The van der Waals surface area contributed by atoms with Crippen LogP contribution < -0.4 is 5.43 Å². The number of pyridine rings is 1. The lowest BCUT2D eigenvalue weighted by Crippen LogP contribution is -2.19. The third kappa shape index (κ3) is 2.29. The van der Waals surface area contributed by atoms with E-state index in [1.54, 1.807) is 6.07 Å². The molecular weight excluding hydrogens is 278 g/mol. The molecule has 0 saturated carbocycles. The molecule has 110 valence electrons. The molecular formula is C18H15NO3. The van der Waals surface area contributed by atoms with Crippen LogP contribution in [-0.2, 0) is 4.74 Å². The van der Waals surface area contributed by atoms with Crippen molar-refractivity contribution in [2.24, 2.45) is 0 Å². The highest BCUT2D eigenvalue weighted by molar-refractivity contribution is 6.00. The van der Waals surface area contributed by atoms with E-state index in [0.717, 1.165) is 11.1 Å². The van der Waals surface area contributed by atoms with E-state index < -0.39 is 5.97 Å². The van der Waals surface area contributed by atoms with Crippen molar-refractivity contribution in [3.63, 3.8) is 0 Å². The standard InChI is InChI=1S/C18H15NO3/c1-11-8-9-14-13(10-11)17(20)15(18(21)22-2)16(19-14)12-6-4-3-5-7-12/h3-10H,1-2H3,(H,19,20).